The van der Waals surface area contributed by atoms with Gasteiger partial charge in [0.2, 0.25) is 5.88 Å². The van der Waals surface area contributed by atoms with Crippen LogP contribution in [0.15, 0.2) is 18.2 Å². The number of hydrogen-bond acceptors (Lipinski definition) is 2. The highest BCUT2D eigenvalue weighted by atomic mass is 127. The zero-order valence-corrected chi connectivity index (χ0v) is 11.8. The highest BCUT2D eigenvalue weighted by molar-refractivity contribution is 14.1. The Balaban J connectivity index is 2.54. The number of aromatic amines is 1. The topological polar surface area (TPSA) is 37.9 Å². The number of H-pyrrole nitrogens is 1. The van der Waals surface area contributed by atoms with Crippen molar-refractivity contribution >= 4 is 33.5 Å². The van der Waals surface area contributed by atoms with E-state index in [2.05, 4.69) is 71.8 Å². The van der Waals surface area contributed by atoms with E-state index >= 15 is 0 Å². The lowest BCUT2D eigenvalue weighted by Crippen LogP contribution is -2.10. The lowest BCUT2D eigenvalue weighted by atomic mass is 9.86. The fourth-order valence-corrected chi connectivity index (χ4v) is 1.91. The first-order chi connectivity index (χ1) is 7.52. The van der Waals surface area contributed by atoms with Crippen LogP contribution in [0.1, 0.15) is 26.3 Å². The van der Waals surface area contributed by atoms with E-state index in [-0.39, 0.29) is 5.41 Å². The molecule has 0 atom stereocenters. The maximum atomic E-state index is 5.47. The van der Waals surface area contributed by atoms with E-state index in [0.717, 1.165) is 10.9 Å². The van der Waals surface area contributed by atoms with Gasteiger partial charge in [0, 0.05) is 0 Å². The molecule has 16 heavy (non-hydrogen) atoms. The van der Waals surface area contributed by atoms with Gasteiger partial charge in [0.1, 0.15) is 4.61 Å². The van der Waals surface area contributed by atoms with Crippen LogP contribution >= 0.6 is 22.6 Å². The van der Waals surface area contributed by atoms with Crippen LogP contribution in [-0.2, 0) is 5.41 Å². The number of alkyl halides is 1. The number of ether oxygens (including phenoxy) is 1. The van der Waals surface area contributed by atoms with Crippen molar-refractivity contribution in [3.05, 3.63) is 23.8 Å². The number of aromatic nitrogens is 2. The lowest BCUT2D eigenvalue weighted by molar-refractivity contribution is 0.391. The number of fused-ring (bicyclic) bond motifs is 1. The van der Waals surface area contributed by atoms with Gasteiger partial charge in [-0.25, -0.2) is 0 Å². The fourth-order valence-electron chi connectivity index (χ4n) is 1.62. The number of nitrogens with zero attached hydrogens (tertiary/aromatic N) is 1. The summed E-state index contributed by atoms with van der Waals surface area (Å²) < 4.78 is 6.08. The minimum absolute atomic E-state index is 0.146. The van der Waals surface area contributed by atoms with Crippen molar-refractivity contribution in [3.8, 4) is 5.88 Å². The van der Waals surface area contributed by atoms with Gasteiger partial charge in [-0.05, 0) is 45.7 Å². The van der Waals surface area contributed by atoms with E-state index in [1.165, 1.54) is 5.56 Å². The van der Waals surface area contributed by atoms with Crippen LogP contribution in [-0.4, -0.2) is 14.8 Å². The van der Waals surface area contributed by atoms with E-state index in [0.29, 0.717) is 10.5 Å². The Labute approximate surface area is 109 Å². The fraction of sp³-hybridized carbons (Fsp3) is 0.417. The van der Waals surface area contributed by atoms with Gasteiger partial charge in [0.15, 0.2) is 0 Å². The zero-order valence-electron chi connectivity index (χ0n) is 9.67. The molecule has 4 heteroatoms. The Kier molecular flexibility index (Phi) is 3.10. The Morgan fingerprint density at radius 1 is 1.38 bits per heavy atom. The molecule has 3 nitrogen and oxygen atoms in total. The molecule has 1 aromatic carbocycles. The number of benzene rings is 1. The van der Waals surface area contributed by atoms with Crippen molar-refractivity contribution in [2.75, 3.05) is 4.61 Å². The third-order valence-corrected chi connectivity index (χ3v) is 2.90. The van der Waals surface area contributed by atoms with Crippen molar-refractivity contribution < 1.29 is 4.74 Å². The van der Waals surface area contributed by atoms with Gasteiger partial charge in [-0.3, -0.25) is 5.10 Å². The van der Waals surface area contributed by atoms with Crippen LogP contribution in [0.2, 0.25) is 0 Å². The Morgan fingerprint density at radius 2 is 2.12 bits per heavy atom. The molecule has 1 aromatic heterocycles. The van der Waals surface area contributed by atoms with Gasteiger partial charge in [-0.2, -0.15) is 0 Å². The van der Waals surface area contributed by atoms with Crippen molar-refractivity contribution in [3.63, 3.8) is 0 Å². The van der Waals surface area contributed by atoms with Gasteiger partial charge < -0.3 is 4.74 Å². The smallest absolute Gasteiger partial charge is 0.241 e. The highest BCUT2D eigenvalue weighted by Gasteiger charge is 2.16. The average Bonchev–Trinajstić information content (AvgIpc) is 2.60. The molecule has 0 aliphatic carbocycles. The van der Waals surface area contributed by atoms with Crippen molar-refractivity contribution in [1.82, 2.24) is 10.2 Å². The third kappa shape index (κ3) is 2.16. The molecule has 2 rings (SSSR count). The average molecular weight is 330 g/mol. The first kappa shape index (κ1) is 11.7. The maximum absolute atomic E-state index is 5.47. The Bertz CT molecular complexity index is 499. The molecule has 1 N–H and O–H groups in total. The minimum Gasteiger partial charge on any atom is -0.465 e. The summed E-state index contributed by atoms with van der Waals surface area (Å²) >= 11 is 2.17. The molecule has 86 valence electrons. The monoisotopic (exact) mass is 330 g/mol. The zero-order chi connectivity index (χ0) is 11.8. The molecule has 0 radical (unpaired) electrons. The predicted molar refractivity (Wildman–Crippen MR) is 74.3 cm³/mol. The summed E-state index contributed by atoms with van der Waals surface area (Å²) in [6.07, 6.45) is 0. The second kappa shape index (κ2) is 4.24. The quantitative estimate of drug-likeness (QED) is 0.674. The van der Waals surface area contributed by atoms with Gasteiger partial charge >= 0.3 is 0 Å². The standard InChI is InChI=1S/C12H15IN2O/c1-12(2,3)8-4-5-10-9(6-8)11(15-14-10)16-7-13/h4-6H,7H2,1-3H3,(H,14,15). The van der Waals surface area contributed by atoms with E-state index in [4.69, 9.17) is 4.74 Å². The summed E-state index contributed by atoms with van der Waals surface area (Å²) in [5.41, 5.74) is 2.46. The van der Waals surface area contributed by atoms with Crippen molar-refractivity contribution in [2.24, 2.45) is 0 Å². The molecular formula is C12H15IN2O. The first-order valence-corrected chi connectivity index (χ1v) is 6.72. The van der Waals surface area contributed by atoms with Crippen LogP contribution in [0.4, 0.5) is 0 Å². The van der Waals surface area contributed by atoms with Crippen molar-refractivity contribution in [2.45, 2.75) is 26.2 Å². The summed E-state index contributed by atoms with van der Waals surface area (Å²) in [6, 6.07) is 6.35. The molecule has 1 heterocycles. The second-order valence-corrected chi connectivity index (χ2v) is 5.42. The molecule has 0 aliphatic heterocycles. The Hall–Kier alpha value is -0.780. The molecule has 0 aliphatic rings. The van der Waals surface area contributed by atoms with E-state index in [9.17, 15) is 0 Å². The third-order valence-electron chi connectivity index (χ3n) is 2.59. The van der Waals surface area contributed by atoms with Crippen LogP contribution < -0.4 is 4.74 Å². The normalized spacial score (nSPS) is 12.0. The lowest BCUT2D eigenvalue weighted by Gasteiger charge is -2.18. The molecule has 0 saturated heterocycles. The number of halogens is 1. The number of rotatable bonds is 2. The molecular weight excluding hydrogens is 315 g/mol. The summed E-state index contributed by atoms with van der Waals surface area (Å²) in [5.74, 6) is 0.690. The molecule has 0 bridgehead atoms. The van der Waals surface area contributed by atoms with Crippen LogP contribution in [0.5, 0.6) is 5.88 Å². The molecule has 2 aromatic rings. The number of nitrogens with one attached hydrogen (secondary N) is 1. The van der Waals surface area contributed by atoms with Gasteiger partial charge in [0.25, 0.3) is 0 Å². The molecule has 0 spiro atoms. The van der Waals surface area contributed by atoms with Gasteiger partial charge in [-0.1, -0.05) is 26.8 Å². The van der Waals surface area contributed by atoms with Crippen LogP contribution in [0.25, 0.3) is 10.9 Å². The first-order valence-electron chi connectivity index (χ1n) is 5.20. The Morgan fingerprint density at radius 3 is 2.75 bits per heavy atom. The maximum Gasteiger partial charge on any atom is 0.241 e. The molecule has 0 unspecified atom stereocenters. The SMILES string of the molecule is CC(C)(C)c1ccc2[nH]nc(OCI)c2c1. The van der Waals surface area contributed by atoms with Gasteiger partial charge in [0.05, 0.1) is 10.9 Å². The highest BCUT2D eigenvalue weighted by Crippen LogP contribution is 2.29. The van der Waals surface area contributed by atoms with E-state index in [1.807, 2.05) is 0 Å². The largest absolute Gasteiger partial charge is 0.465 e. The van der Waals surface area contributed by atoms with E-state index < -0.39 is 0 Å². The second-order valence-electron chi connectivity index (χ2n) is 4.79. The summed E-state index contributed by atoms with van der Waals surface area (Å²) in [6.45, 7) is 6.60. The molecule has 0 amide bonds. The van der Waals surface area contributed by atoms with Crippen LogP contribution in [0, 0.1) is 0 Å². The van der Waals surface area contributed by atoms with Gasteiger partial charge in [-0.15, -0.1) is 5.10 Å². The minimum atomic E-state index is 0.146. The van der Waals surface area contributed by atoms with Crippen molar-refractivity contribution in [1.29, 1.82) is 0 Å². The predicted octanol–water partition coefficient (Wildman–Crippen LogP) is 3.63. The summed E-state index contributed by atoms with van der Waals surface area (Å²) in [5, 5.41) is 8.19. The molecule has 0 fully saturated rings. The van der Waals surface area contributed by atoms with Crippen LogP contribution in [0.3, 0.4) is 0 Å². The summed E-state index contributed by atoms with van der Waals surface area (Å²) in [4.78, 5) is 0. The molecule has 0 saturated carbocycles. The number of hydrogen-bond donors (Lipinski definition) is 1. The van der Waals surface area contributed by atoms with E-state index in [1.54, 1.807) is 0 Å². The summed E-state index contributed by atoms with van der Waals surface area (Å²) in [7, 11) is 0.